The topological polar surface area (TPSA) is 0 Å². The summed E-state index contributed by atoms with van der Waals surface area (Å²) in [5.74, 6) is 0. The van der Waals surface area contributed by atoms with Crippen LogP contribution in [0, 0.1) is 6.92 Å². The first-order chi connectivity index (χ1) is 1.91. The fraction of sp³-hybridized carbons (Fsp3) is 0.750. The summed E-state index contributed by atoms with van der Waals surface area (Å²) >= 11 is 0. The van der Waals surface area contributed by atoms with Crippen LogP contribution in [0.4, 0.5) is 0 Å². The minimum absolute atomic E-state index is 0. The second-order valence-corrected chi connectivity index (χ2v) is 0.854. The largest absolute Gasteiger partial charge is 1.00 e. The van der Waals surface area contributed by atoms with Crippen molar-refractivity contribution in [3.8, 4) is 0 Å². The van der Waals surface area contributed by atoms with E-state index in [-0.39, 0.29) is 42.0 Å². The normalized spacial score (nSPS) is 5.00. The fourth-order valence-electron chi connectivity index (χ4n) is 0. The summed E-state index contributed by atoms with van der Waals surface area (Å²) in [5.41, 5.74) is 0. The van der Waals surface area contributed by atoms with Gasteiger partial charge in [0.05, 0.1) is 0 Å². The molecule has 0 saturated heterocycles. The van der Waals surface area contributed by atoms with Gasteiger partial charge in [-0.3, -0.25) is 0 Å². The van der Waals surface area contributed by atoms with Gasteiger partial charge in [0.25, 0.3) is 0 Å². The van der Waals surface area contributed by atoms with Gasteiger partial charge in [0.1, 0.15) is 0 Å². The van der Waals surface area contributed by atoms with E-state index in [1.165, 1.54) is 6.42 Å². The van der Waals surface area contributed by atoms with Gasteiger partial charge in [-0.1, -0.05) is 13.3 Å². The van der Waals surface area contributed by atoms with Gasteiger partial charge in [0.15, 0.2) is 0 Å². The van der Waals surface area contributed by atoms with E-state index < -0.39 is 0 Å². The first-order valence-electron chi connectivity index (χ1n) is 1.71. The molecule has 0 aromatic rings. The van der Waals surface area contributed by atoms with Gasteiger partial charge in [0.2, 0.25) is 0 Å². The Morgan fingerprint density at radius 3 is 1.67 bits per heavy atom. The van der Waals surface area contributed by atoms with Crippen LogP contribution >= 0.6 is 12.4 Å². The molecule has 0 spiro atoms. The summed E-state index contributed by atoms with van der Waals surface area (Å²) in [5, 5.41) is 0. The predicted molar refractivity (Wildman–Crippen MR) is 27.5 cm³/mol. The van der Waals surface area contributed by atoms with E-state index in [2.05, 4.69) is 13.8 Å². The third kappa shape index (κ3) is 18.6. The molecule has 0 N–H and O–H groups in total. The molecule has 0 aliphatic carbocycles. The third-order valence-corrected chi connectivity index (χ3v) is 0.354. The van der Waals surface area contributed by atoms with Crippen molar-refractivity contribution in [1.82, 2.24) is 0 Å². The van der Waals surface area contributed by atoms with Gasteiger partial charge in [-0.2, -0.15) is 6.42 Å². The first kappa shape index (κ1) is 15.7. The summed E-state index contributed by atoms with van der Waals surface area (Å²) in [4.78, 5) is 0. The van der Waals surface area contributed by atoms with Crippen LogP contribution < -0.4 is 29.6 Å². The molecule has 0 fully saturated rings. The quantitative estimate of drug-likeness (QED) is 0.306. The molecule has 0 aromatic heterocycles. The predicted octanol–water partition coefficient (Wildman–Crippen LogP) is -0.954. The molecule has 0 rings (SSSR count). The minimum atomic E-state index is 0. The van der Waals surface area contributed by atoms with E-state index in [9.17, 15) is 0 Å². The molecule has 0 radical (unpaired) electrons. The zero-order valence-corrected chi connectivity index (χ0v) is 7.35. The van der Waals surface area contributed by atoms with E-state index in [1.807, 2.05) is 0 Å². The molecular weight excluding hydrogens is 106 g/mol. The van der Waals surface area contributed by atoms with Crippen LogP contribution in [0.25, 0.3) is 0 Å². The summed E-state index contributed by atoms with van der Waals surface area (Å²) in [6.07, 6.45) is 2.28. The van der Waals surface area contributed by atoms with Crippen LogP contribution in [0.15, 0.2) is 0 Å². The average Bonchev–Trinajstić information content (AvgIpc) is 1.37. The molecule has 0 aromatic carbocycles. The van der Waals surface area contributed by atoms with Gasteiger partial charge >= 0.3 is 29.6 Å². The molecule has 0 aliphatic rings. The Morgan fingerprint density at radius 2 is 1.67 bits per heavy atom. The Hall–Kier alpha value is 1.29. The molecule has 0 atom stereocenters. The summed E-state index contributed by atoms with van der Waals surface area (Å²) in [6.45, 7) is 5.72. The zero-order valence-electron chi connectivity index (χ0n) is 4.53. The minimum Gasteiger partial charge on any atom is -0.343 e. The van der Waals surface area contributed by atoms with Crippen LogP contribution in [-0.4, -0.2) is 0 Å². The maximum Gasteiger partial charge on any atom is 1.00 e. The van der Waals surface area contributed by atoms with E-state index >= 15 is 0 Å². The van der Waals surface area contributed by atoms with Crippen molar-refractivity contribution >= 4 is 12.4 Å². The molecule has 0 heterocycles. The number of unbranched alkanes of at least 4 members (excludes halogenated alkanes) is 1. The van der Waals surface area contributed by atoms with Gasteiger partial charge in [-0.15, -0.1) is 12.4 Å². The standard InChI is InChI=1S/C4H9.ClH.Na/c1-3-4-2;;/h1,3-4H2,2H3;1H;/q-1;;+1. The Bertz CT molecular complexity index is 9.51. The van der Waals surface area contributed by atoms with Crippen LogP contribution in [-0.2, 0) is 0 Å². The molecule has 0 saturated carbocycles. The first-order valence-corrected chi connectivity index (χ1v) is 1.71. The SMILES string of the molecule is Cl.[CH2-]CCC.[Na+]. The van der Waals surface area contributed by atoms with Crippen molar-refractivity contribution in [2.24, 2.45) is 0 Å². The monoisotopic (exact) mass is 116 g/mol. The Morgan fingerprint density at radius 1 is 1.50 bits per heavy atom. The molecular formula is C4H10ClNa. The van der Waals surface area contributed by atoms with Crippen molar-refractivity contribution in [3.63, 3.8) is 0 Å². The molecule has 2 heteroatoms. The van der Waals surface area contributed by atoms with Gasteiger partial charge in [0, 0.05) is 0 Å². The smallest absolute Gasteiger partial charge is 0.343 e. The average molecular weight is 117 g/mol. The Labute approximate surface area is 68.4 Å². The number of halogens is 1. The van der Waals surface area contributed by atoms with E-state index in [4.69, 9.17) is 0 Å². The second-order valence-electron chi connectivity index (χ2n) is 0.854. The van der Waals surface area contributed by atoms with Crippen LogP contribution in [0.3, 0.4) is 0 Å². The van der Waals surface area contributed by atoms with Gasteiger partial charge < -0.3 is 6.92 Å². The van der Waals surface area contributed by atoms with Gasteiger partial charge in [-0.25, -0.2) is 0 Å². The number of rotatable bonds is 1. The van der Waals surface area contributed by atoms with Crippen LogP contribution in [0.5, 0.6) is 0 Å². The maximum atomic E-state index is 3.60. The van der Waals surface area contributed by atoms with Crippen molar-refractivity contribution in [2.45, 2.75) is 19.8 Å². The maximum absolute atomic E-state index is 3.60. The fourth-order valence-corrected chi connectivity index (χ4v) is 0. The molecule has 0 amide bonds. The van der Waals surface area contributed by atoms with E-state index in [0.29, 0.717) is 0 Å². The van der Waals surface area contributed by atoms with Crippen LogP contribution in [0.2, 0.25) is 0 Å². The zero-order chi connectivity index (χ0) is 3.41. The number of hydrogen-bond donors (Lipinski definition) is 0. The summed E-state index contributed by atoms with van der Waals surface area (Å²) < 4.78 is 0. The molecule has 0 nitrogen and oxygen atoms in total. The molecule has 34 valence electrons. The van der Waals surface area contributed by atoms with E-state index in [1.54, 1.807) is 0 Å². The van der Waals surface area contributed by atoms with E-state index in [0.717, 1.165) is 6.42 Å². The molecule has 0 unspecified atom stereocenters. The van der Waals surface area contributed by atoms with Crippen LogP contribution in [0.1, 0.15) is 19.8 Å². The number of hydrogen-bond acceptors (Lipinski definition) is 0. The van der Waals surface area contributed by atoms with Gasteiger partial charge in [-0.05, 0) is 0 Å². The Balaban J connectivity index is -0.0000000450. The second kappa shape index (κ2) is 16.3. The van der Waals surface area contributed by atoms with Crippen molar-refractivity contribution < 1.29 is 29.6 Å². The van der Waals surface area contributed by atoms with Crippen molar-refractivity contribution in [2.75, 3.05) is 0 Å². The van der Waals surface area contributed by atoms with Crippen molar-refractivity contribution in [3.05, 3.63) is 6.92 Å². The Kier molecular flexibility index (Phi) is 42.5. The molecule has 6 heavy (non-hydrogen) atoms. The summed E-state index contributed by atoms with van der Waals surface area (Å²) in [6, 6.07) is 0. The van der Waals surface area contributed by atoms with Crippen molar-refractivity contribution in [1.29, 1.82) is 0 Å². The molecule has 0 bridgehead atoms. The third-order valence-electron chi connectivity index (χ3n) is 0.354. The molecule has 0 aliphatic heterocycles. The summed E-state index contributed by atoms with van der Waals surface area (Å²) in [7, 11) is 0.